The van der Waals surface area contributed by atoms with Gasteiger partial charge in [0, 0.05) is 25.5 Å². The van der Waals surface area contributed by atoms with Crippen molar-refractivity contribution in [1.29, 1.82) is 0 Å². The summed E-state index contributed by atoms with van der Waals surface area (Å²) < 4.78 is 10.3. The highest BCUT2D eigenvalue weighted by molar-refractivity contribution is 5.77. The van der Waals surface area contributed by atoms with E-state index in [4.69, 9.17) is 9.72 Å². The van der Waals surface area contributed by atoms with Gasteiger partial charge in [-0.05, 0) is 43.7 Å². The summed E-state index contributed by atoms with van der Waals surface area (Å²) in [6.45, 7) is 8.11. The van der Waals surface area contributed by atoms with Gasteiger partial charge in [0.1, 0.15) is 11.3 Å². The van der Waals surface area contributed by atoms with Gasteiger partial charge in [0.15, 0.2) is 5.65 Å². The Hall–Kier alpha value is -2.46. The minimum absolute atomic E-state index is 0. The van der Waals surface area contributed by atoms with Crippen molar-refractivity contribution in [1.82, 2.24) is 18.9 Å². The van der Waals surface area contributed by atoms with Gasteiger partial charge in [-0.1, -0.05) is 37.3 Å². The number of methoxy groups -OCH3 is 1. The summed E-state index contributed by atoms with van der Waals surface area (Å²) >= 11 is 0. The lowest BCUT2D eigenvalue weighted by Crippen LogP contribution is -3.00. The molecule has 0 bridgehead atoms. The molecule has 8 heteroatoms. The van der Waals surface area contributed by atoms with E-state index in [0.717, 1.165) is 52.5 Å². The number of halogens is 1. The minimum Gasteiger partial charge on any atom is -1.00 e. The van der Waals surface area contributed by atoms with Crippen molar-refractivity contribution in [3.8, 4) is 5.88 Å². The highest BCUT2D eigenvalue weighted by Crippen LogP contribution is 2.26. The molecule has 4 heterocycles. The number of aromatic nitrogens is 4. The molecule has 7 nitrogen and oxygen atoms in total. The predicted octanol–water partition coefficient (Wildman–Crippen LogP) is 1.42. The van der Waals surface area contributed by atoms with Crippen molar-refractivity contribution >= 4 is 16.7 Å². The zero-order valence-electron chi connectivity index (χ0n) is 22.4. The van der Waals surface area contributed by atoms with Crippen LogP contribution in [0, 0.1) is 12.8 Å². The lowest BCUT2D eigenvalue weighted by atomic mass is 9.89. The van der Waals surface area contributed by atoms with Gasteiger partial charge in [0.2, 0.25) is 5.88 Å². The van der Waals surface area contributed by atoms with Crippen molar-refractivity contribution in [2.24, 2.45) is 5.92 Å². The molecule has 0 N–H and O–H groups in total. The third-order valence-corrected chi connectivity index (χ3v) is 8.03. The molecular formula is C29H38IN5O2. The molecule has 1 aromatic carbocycles. The smallest absolute Gasteiger partial charge is 0.277 e. The number of fused-ring (bicyclic) bond motifs is 3. The van der Waals surface area contributed by atoms with Gasteiger partial charge in [0.25, 0.3) is 5.56 Å². The first-order valence-corrected chi connectivity index (χ1v) is 13.3. The van der Waals surface area contributed by atoms with Crippen LogP contribution in [0.1, 0.15) is 43.3 Å². The Bertz CT molecular complexity index is 1420. The molecule has 0 unspecified atom stereocenters. The maximum atomic E-state index is 13.7. The number of nitrogens with zero attached hydrogens (tertiary/aromatic N) is 5. The van der Waals surface area contributed by atoms with Gasteiger partial charge in [-0.15, -0.1) is 0 Å². The van der Waals surface area contributed by atoms with Crippen LogP contribution < -0.4 is 34.3 Å². The van der Waals surface area contributed by atoms with Crippen LogP contribution in [-0.4, -0.2) is 57.2 Å². The Morgan fingerprint density at radius 3 is 2.49 bits per heavy atom. The summed E-state index contributed by atoms with van der Waals surface area (Å²) in [4.78, 5) is 23.1. The number of hydrogen-bond donors (Lipinski definition) is 0. The zero-order valence-corrected chi connectivity index (χ0v) is 24.6. The number of ether oxygens (including phenoxy) is 1. The van der Waals surface area contributed by atoms with Crippen LogP contribution in [0.2, 0.25) is 0 Å². The van der Waals surface area contributed by atoms with Gasteiger partial charge in [-0.25, -0.2) is 4.98 Å². The first kappa shape index (κ1) is 27.6. The second-order valence-corrected chi connectivity index (χ2v) is 10.6. The molecular weight excluding hydrogens is 577 g/mol. The van der Waals surface area contributed by atoms with E-state index in [0.29, 0.717) is 17.9 Å². The standard InChI is InChI=1S/C29H38N5O2.HI/c1-5-25-30-21(2)27-29(35)32(24-12-13-26(36-4)31-28(24)33(25)27)16-9-17-34(3)18-14-23(15-19-34)20-22-10-7-6-8-11-22;/h6-8,10-13,23H,5,9,14-20H2,1-4H3;1H/q+1;/p-1. The number of rotatable bonds is 8. The molecule has 198 valence electrons. The van der Waals surface area contributed by atoms with E-state index in [1.807, 2.05) is 28.0 Å². The normalized spacial score (nSPS) is 19.7. The highest BCUT2D eigenvalue weighted by Gasteiger charge is 2.30. The first-order valence-electron chi connectivity index (χ1n) is 13.3. The number of aryl methyl sites for hydroxylation is 3. The van der Waals surface area contributed by atoms with E-state index in [9.17, 15) is 4.79 Å². The molecule has 0 spiro atoms. The van der Waals surface area contributed by atoms with E-state index in [1.54, 1.807) is 7.11 Å². The summed E-state index contributed by atoms with van der Waals surface area (Å²) in [7, 11) is 4.00. The van der Waals surface area contributed by atoms with Crippen LogP contribution in [0.3, 0.4) is 0 Å². The Morgan fingerprint density at radius 2 is 1.81 bits per heavy atom. The number of quaternary nitrogens is 1. The highest BCUT2D eigenvalue weighted by atomic mass is 127. The van der Waals surface area contributed by atoms with Crippen LogP contribution in [0.5, 0.6) is 5.88 Å². The third kappa shape index (κ3) is 5.55. The minimum atomic E-state index is 0. The average molecular weight is 616 g/mol. The number of likely N-dealkylation sites (tertiary alicyclic amines) is 1. The first-order chi connectivity index (χ1) is 17.4. The van der Waals surface area contributed by atoms with Crippen molar-refractivity contribution in [3.05, 3.63) is 69.9 Å². The molecule has 0 atom stereocenters. The van der Waals surface area contributed by atoms with Crippen LogP contribution in [0.4, 0.5) is 0 Å². The van der Waals surface area contributed by atoms with Crippen molar-refractivity contribution in [2.45, 2.75) is 52.5 Å². The molecule has 4 aromatic rings. The fourth-order valence-corrected chi connectivity index (χ4v) is 5.91. The van der Waals surface area contributed by atoms with Gasteiger partial charge < -0.3 is 37.8 Å². The monoisotopic (exact) mass is 615 g/mol. The molecule has 0 radical (unpaired) electrons. The number of hydrogen-bond acceptors (Lipinski definition) is 4. The van der Waals surface area contributed by atoms with Crippen molar-refractivity contribution < 1.29 is 33.2 Å². The summed E-state index contributed by atoms with van der Waals surface area (Å²) in [5.41, 5.74) is 4.43. The number of benzene rings is 1. The van der Waals surface area contributed by atoms with E-state index in [1.165, 1.54) is 37.9 Å². The van der Waals surface area contributed by atoms with Gasteiger partial charge in [-0.3, -0.25) is 9.20 Å². The molecule has 3 aromatic heterocycles. The fourth-order valence-electron chi connectivity index (χ4n) is 5.91. The predicted molar refractivity (Wildman–Crippen MR) is 144 cm³/mol. The number of piperidine rings is 1. The molecule has 5 rings (SSSR count). The maximum absolute atomic E-state index is 13.7. The van der Waals surface area contributed by atoms with Gasteiger partial charge in [-0.2, -0.15) is 4.98 Å². The second kappa shape index (κ2) is 11.5. The molecule has 1 aliphatic heterocycles. The summed E-state index contributed by atoms with van der Waals surface area (Å²) in [5.74, 6) is 2.17. The zero-order chi connectivity index (χ0) is 25.3. The SMILES string of the molecule is CCc1nc(C)c2c(=O)n(CCC[N+]3(C)CCC(Cc4ccccc4)CC3)c3ccc(OC)nc3n12.[I-]. The van der Waals surface area contributed by atoms with E-state index in [2.05, 4.69) is 49.3 Å². The molecule has 0 aliphatic carbocycles. The fraction of sp³-hybridized carbons (Fsp3) is 0.483. The van der Waals surface area contributed by atoms with Crippen LogP contribution in [0.15, 0.2) is 47.3 Å². The molecule has 1 aliphatic rings. The Morgan fingerprint density at radius 1 is 1.08 bits per heavy atom. The van der Waals surface area contributed by atoms with E-state index < -0.39 is 0 Å². The topological polar surface area (TPSA) is 61.4 Å². The molecule has 0 amide bonds. The van der Waals surface area contributed by atoms with E-state index in [-0.39, 0.29) is 29.5 Å². The Balaban J connectivity index is 0.00000320. The van der Waals surface area contributed by atoms with Crippen LogP contribution in [-0.2, 0) is 19.4 Å². The lowest BCUT2D eigenvalue weighted by Gasteiger charge is -2.41. The lowest BCUT2D eigenvalue weighted by molar-refractivity contribution is -0.915. The largest absolute Gasteiger partial charge is 1.00 e. The Labute approximate surface area is 236 Å². The Kier molecular flexibility index (Phi) is 8.58. The molecule has 1 saturated heterocycles. The van der Waals surface area contributed by atoms with Gasteiger partial charge in [0.05, 0.1) is 45.0 Å². The second-order valence-electron chi connectivity index (χ2n) is 10.6. The molecule has 37 heavy (non-hydrogen) atoms. The molecule has 0 saturated carbocycles. The van der Waals surface area contributed by atoms with Crippen molar-refractivity contribution in [3.63, 3.8) is 0 Å². The number of pyridine rings is 1. The maximum Gasteiger partial charge on any atom is 0.277 e. The summed E-state index contributed by atoms with van der Waals surface area (Å²) in [6, 6.07) is 14.7. The average Bonchev–Trinajstić information content (AvgIpc) is 3.24. The van der Waals surface area contributed by atoms with Crippen LogP contribution in [0.25, 0.3) is 16.7 Å². The quantitative estimate of drug-likeness (QED) is 0.222. The van der Waals surface area contributed by atoms with Crippen molar-refractivity contribution in [2.75, 3.05) is 33.8 Å². The summed E-state index contributed by atoms with van der Waals surface area (Å²) in [5, 5.41) is 0. The van der Waals surface area contributed by atoms with E-state index >= 15 is 0 Å². The number of imidazole rings is 1. The van der Waals surface area contributed by atoms with Crippen LogP contribution >= 0.6 is 0 Å². The molecule has 1 fully saturated rings. The summed E-state index contributed by atoms with van der Waals surface area (Å²) in [6.07, 6.45) is 5.39. The van der Waals surface area contributed by atoms with Gasteiger partial charge >= 0.3 is 0 Å². The third-order valence-electron chi connectivity index (χ3n) is 8.03.